The smallest absolute Gasteiger partial charge is 0.0489 e. The number of thioether (sulfide) groups is 1. The summed E-state index contributed by atoms with van der Waals surface area (Å²) in [7, 11) is 0. The third kappa shape index (κ3) is 2.50. The maximum Gasteiger partial charge on any atom is 0.0489 e. The van der Waals surface area contributed by atoms with Crippen molar-refractivity contribution in [3.05, 3.63) is 69.3 Å². The van der Waals surface area contributed by atoms with E-state index in [1.165, 1.54) is 44.4 Å². The molecule has 0 spiro atoms. The van der Waals surface area contributed by atoms with Gasteiger partial charge in [-0.05, 0) is 48.4 Å². The second-order valence-corrected chi connectivity index (χ2v) is 7.99. The molecule has 0 fully saturated rings. The first-order valence-corrected chi connectivity index (χ1v) is 9.60. The van der Waals surface area contributed by atoms with Crippen molar-refractivity contribution in [3.8, 4) is 0 Å². The molecule has 1 aromatic heterocycles. The molecule has 0 radical (unpaired) electrons. The van der Waals surface area contributed by atoms with Gasteiger partial charge in [-0.25, -0.2) is 0 Å². The number of fused-ring (bicyclic) bond motifs is 3. The molecule has 0 bridgehead atoms. The van der Waals surface area contributed by atoms with Crippen LogP contribution in [0.25, 0.3) is 10.9 Å². The van der Waals surface area contributed by atoms with E-state index in [2.05, 4.69) is 81.6 Å². The van der Waals surface area contributed by atoms with Crippen molar-refractivity contribution in [2.45, 2.75) is 25.6 Å². The fraction of sp³-hybridized carbons (Fsp3) is 0.263. The van der Waals surface area contributed by atoms with E-state index in [-0.39, 0.29) is 0 Å². The van der Waals surface area contributed by atoms with Gasteiger partial charge in [0.2, 0.25) is 0 Å². The minimum atomic E-state index is 0.972. The van der Waals surface area contributed by atoms with Crippen molar-refractivity contribution in [2.75, 3.05) is 5.75 Å². The third-order valence-electron chi connectivity index (χ3n) is 4.40. The molecule has 3 heteroatoms. The van der Waals surface area contributed by atoms with Gasteiger partial charge in [-0.2, -0.15) is 11.8 Å². The molecular formula is C19H18BrNS. The van der Waals surface area contributed by atoms with Gasteiger partial charge in [0.05, 0.1) is 0 Å². The standard InChI is InChI=1S/C19H18BrNS/c1-13-3-2-4-14(9-13)11-21-18-6-5-15(20)10-16(18)17-12-22-8-7-19(17)21/h2-6,9-10H,7-8,11-12H2,1H3. The van der Waals surface area contributed by atoms with E-state index in [1.807, 2.05) is 0 Å². The van der Waals surface area contributed by atoms with Crippen molar-refractivity contribution in [1.82, 2.24) is 4.57 Å². The Morgan fingerprint density at radius 2 is 2.09 bits per heavy atom. The Labute approximate surface area is 143 Å². The molecule has 0 aliphatic carbocycles. The van der Waals surface area contributed by atoms with E-state index < -0.39 is 0 Å². The number of benzene rings is 2. The lowest BCUT2D eigenvalue weighted by molar-refractivity contribution is 0.768. The molecule has 1 aliphatic rings. The highest BCUT2D eigenvalue weighted by molar-refractivity contribution is 9.10. The van der Waals surface area contributed by atoms with Crippen LogP contribution in [0.2, 0.25) is 0 Å². The van der Waals surface area contributed by atoms with Crippen LogP contribution >= 0.6 is 27.7 Å². The summed E-state index contributed by atoms with van der Waals surface area (Å²) >= 11 is 5.68. The SMILES string of the molecule is Cc1cccc(Cn2c3c(c4cc(Br)ccc42)CSCC3)c1. The molecule has 3 aromatic rings. The van der Waals surface area contributed by atoms with Crippen LogP contribution in [0.1, 0.15) is 22.4 Å². The average Bonchev–Trinajstić information content (AvgIpc) is 2.81. The zero-order valence-corrected chi connectivity index (χ0v) is 15.0. The highest BCUT2D eigenvalue weighted by atomic mass is 79.9. The van der Waals surface area contributed by atoms with Gasteiger partial charge in [-0.3, -0.25) is 0 Å². The summed E-state index contributed by atoms with van der Waals surface area (Å²) in [6.07, 6.45) is 1.18. The number of halogens is 1. The number of rotatable bonds is 2. The third-order valence-corrected chi connectivity index (χ3v) is 5.88. The molecule has 0 atom stereocenters. The maximum atomic E-state index is 3.63. The summed E-state index contributed by atoms with van der Waals surface area (Å²) in [6, 6.07) is 15.6. The summed E-state index contributed by atoms with van der Waals surface area (Å²) in [5.74, 6) is 2.38. The highest BCUT2D eigenvalue weighted by Crippen LogP contribution is 2.35. The summed E-state index contributed by atoms with van der Waals surface area (Å²) in [5, 5.41) is 1.42. The van der Waals surface area contributed by atoms with Crippen LogP contribution in [0.5, 0.6) is 0 Å². The van der Waals surface area contributed by atoms with Crippen LogP contribution in [0.15, 0.2) is 46.9 Å². The van der Waals surface area contributed by atoms with E-state index in [9.17, 15) is 0 Å². The lowest BCUT2D eigenvalue weighted by Gasteiger charge is -2.16. The first kappa shape index (κ1) is 14.4. The molecule has 1 aliphatic heterocycles. The average molecular weight is 372 g/mol. The van der Waals surface area contributed by atoms with Crippen LogP contribution < -0.4 is 0 Å². The summed E-state index contributed by atoms with van der Waals surface area (Å²) in [4.78, 5) is 0. The van der Waals surface area contributed by atoms with Gasteiger partial charge in [0.15, 0.2) is 0 Å². The summed E-state index contributed by atoms with van der Waals surface area (Å²) < 4.78 is 3.71. The Morgan fingerprint density at radius 3 is 2.95 bits per heavy atom. The normalized spacial score (nSPS) is 14.3. The van der Waals surface area contributed by atoms with E-state index in [0.717, 1.165) is 12.3 Å². The molecule has 0 amide bonds. The molecule has 0 unspecified atom stereocenters. The summed E-state index contributed by atoms with van der Waals surface area (Å²) in [6.45, 7) is 3.14. The molecule has 4 rings (SSSR count). The van der Waals surface area contributed by atoms with Crippen molar-refractivity contribution in [3.63, 3.8) is 0 Å². The van der Waals surface area contributed by atoms with Gasteiger partial charge in [0.25, 0.3) is 0 Å². The first-order valence-electron chi connectivity index (χ1n) is 7.65. The van der Waals surface area contributed by atoms with Gasteiger partial charge >= 0.3 is 0 Å². The fourth-order valence-electron chi connectivity index (χ4n) is 3.41. The number of hydrogen-bond donors (Lipinski definition) is 0. The molecular weight excluding hydrogens is 354 g/mol. The molecule has 2 heterocycles. The van der Waals surface area contributed by atoms with Gasteiger partial charge in [0.1, 0.15) is 0 Å². The number of hydrogen-bond acceptors (Lipinski definition) is 1. The van der Waals surface area contributed by atoms with Crippen molar-refractivity contribution in [2.24, 2.45) is 0 Å². The van der Waals surface area contributed by atoms with Gasteiger partial charge in [0, 0.05) is 33.4 Å². The highest BCUT2D eigenvalue weighted by Gasteiger charge is 2.20. The monoisotopic (exact) mass is 371 g/mol. The molecule has 112 valence electrons. The minimum absolute atomic E-state index is 0.972. The second-order valence-electron chi connectivity index (χ2n) is 5.96. The van der Waals surface area contributed by atoms with Crippen molar-refractivity contribution >= 4 is 38.6 Å². The van der Waals surface area contributed by atoms with Gasteiger partial charge < -0.3 is 4.57 Å². The molecule has 1 nitrogen and oxygen atoms in total. The van der Waals surface area contributed by atoms with Crippen LogP contribution in [0.3, 0.4) is 0 Å². The molecule has 0 saturated heterocycles. The first-order chi connectivity index (χ1) is 10.7. The molecule has 22 heavy (non-hydrogen) atoms. The summed E-state index contributed by atoms with van der Waals surface area (Å²) in [5.41, 5.74) is 7.17. The minimum Gasteiger partial charge on any atom is -0.340 e. The number of aromatic nitrogens is 1. The van der Waals surface area contributed by atoms with Crippen molar-refractivity contribution < 1.29 is 0 Å². The van der Waals surface area contributed by atoms with Crippen LogP contribution in [0.4, 0.5) is 0 Å². The lowest BCUT2D eigenvalue weighted by atomic mass is 10.1. The Balaban J connectivity index is 1.89. The van der Waals surface area contributed by atoms with E-state index in [4.69, 9.17) is 0 Å². The molecule has 0 saturated carbocycles. The number of nitrogens with zero attached hydrogens (tertiary/aromatic N) is 1. The lowest BCUT2D eigenvalue weighted by Crippen LogP contribution is -2.09. The largest absolute Gasteiger partial charge is 0.340 e. The topological polar surface area (TPSA) is 4.93 Å². The fourth-order valence-corrected chi connectivity index (χ4v) is 4.78. The predicted molar refractivity (Wildman–Crippen MR) is 99.8 cm³/mol. The maximum absolute atomic E-state index is 3.63. The van der Waals surface area contributed by atoms with E-state index in [1.54, 1.807) is 5.56 Å². The van der Waals surface area contributed by atoms with Crippen molar-refractivity contribution in [1.29, 1.82) is 0 Å². The second kappa shape index (κ2) is 5.78. The van der Waals surface area contributed by atoms with Gasteiger partial charge in [-0.15, -0.1) is 0 Å². The van der Waals surface area contributed by atoms with Gasteiger partial charge in [-0.1, -0.05) is 45.8 Å². The number of aryl methyl sites for hydroxylation is 1. The Morgan fingerprint density at radius 1 is 1.18 bits per heavy atom. The quantitative estimate of drug-likeness (QED) is 0.571. The Bertz CT molecular complexity index is 850. The van der Waals surface area contributed by atoms with Crippen LogP contribution in [-0.4, -0.2) is 10.3 Å². The molecule has 0 N–H and O–H groups in total. The van der Waals surface area contributed by atoms with Crippen LogP contribution in [-0.2, 0) is 18.7 Å². The van der Waals surface area contributed by atoms with E-state index >= 15 is 0 Å². The zero-order chi connectivity index (χ0) is 15.1. The predicted octanol–water partition coefficient (Wildman–Crippen LogP) is 5.55. The van der Waals surface area contributed by atoms with E-state index in [0.29, 0.717) is 0 Å². The Kier molecular flexibility index (Phi) is 3.79. The Hall–Kier alpha value is -1.19. The van der Waals surface area contributed by atoms with Crippen LogP contribution in [0, 0.1) is 6.92 Å². The molecule has 2 aromatic carbocycles. The zero-order valence-electron chi connectivity index (χ0n) is 12.6.